The van der Waals surface area contributed by atoms with Crippen LogP contribution in [0.2, 0.25) is 0 Å². The van der Waals surface area contributed by atoms with Crippen LogP contribution in [0.5, 0.6) is 0 Å². The van der Waals surface area contributed by atoms with E-state index in [-0.39, 0.29) is 54.1 Å². The number of Topliss-reactive ketones (excluding diaryl/α,β-unsaturated/α-hetero) is 1. The van der Waals surface area contributed by atoms with Gasteiger partial charge in [-0.1, -0.05) is 34.6 Å². The topological polar surface area (TPSA) is 110 Å². The Morgan fingerprint density at radius 3 is 2.35 bits per heavy atom. The summed E-state index contributed by atoms with van der Waals surface area (Å²) in [5.41, 5.74) is 4.50. The monoisotopic (exact) mass is 389 g/mol. The van der Waals surface area contributed by atoms with Crippen molar-refractivity contribution in [2.45, 2.75) is 59.1 Å². The van der Waals surface area contributed by atoms with Gasteiger partial charge < -0.3 is 11.1 Å². The summed E-state index contributed by atoms with van der Waals surface area (Å²) in [4.78, 5) is 48.0. The second-order valence-corrected chi connectivity index (χ2v) is 6.91. The molecule has 0 aliphatic carbocycles. The lowest BCUT2D eigenvalue weighted by Crippen LogP contribution is -2.32. The molecule has 0 aromatic rings. The average molecular weight is 390 g/mol. The maximum atomic E-state index is 12.0. The molecular formula is C18H35N3O4S. The summed E-state index contributed by atoms with van der Waals surface area (Å²) in [5.74, 6) is -0.118. The van der Waals surface area contributed by atoms with E-state index in [9.17, 15) is 19.2 Å². The highest BCUT2D eigenvalue weighted by Crippen LogP contribution is 2.25. The fourth-order valence-electron chi connectivity index (χ4n) is 2.01. The molecule has 3 amide bonds. The molecule has 0 saturated carbocycles. The summed E-state index contributed by atoms with van der Waals surface area (Å²) in [6.45, 7) is 10.0. The van der Waals surface area contributed by atoms with E-state index in [1.165, 1.54) is 23.7 Å². The van der Waals surface area contributed by atoms with Crippen molar-refractivity contribution < 1.29 is 19.2 Å². The lowest BCUT2D eigenvalue weighted by atomic mass is 10.1. The van der Waals surface area contributed by atoms with Crippen LogP contribution in [-0.2, 0) is 19.2 Å². The van der Waals surface area contributed by atoms with Crippen molar-refractivity contribution >= 4 is 35.3 Å². The van der Waals surface area contributed by atoms with Crippen LogP contribution < -0.4 is 11.1 Å². The van der Waals surface area contributed by atoms with Crippen molar-refractivity contribution in [3.63, 3.8) is 0 Å². The van der Waals surface area contributed by atoms with Crippen molar-refractivity contribution in [2.75, 3.05) is 25.9 Å². The predicted molar refractivity (Wildman–Crippen MR) is 107 cm³/mol. The molecular weight excluding hydrogens is 354 g/mol. The van der Waals surface area contributed by atoms with Gasteiger partial charge in [0.05, 0.1) is 11.8 Å². The van der Waals surface area contributed by atoms with Gasteiger partial charge in [-0.05, 0) is 13.5 Å². The average Bonchev–Trinajstić information content (AvgIpc) is 2.91. The van der Waals surface area contributed by atoms with Crippen LogP contribution in [0.15, 0.2) is 0 Å². The number of nitrogens with zero attached hydrogens (tertiary/aromatic N) is 1. The van der Waals surface area contributed by atoms with Gasteiger partial charge in [0.2, 0.25) is 17.7 Å². The fourth-order valence-corrected chi connectivity index (χ4v) is 3.13. The van der Waals surface area contributed by atoms with Gasteiger partial charge >= 0.3 is 0 Å². The standard InChI is InChI=1S/C15H24N2O4S.C2H6.CH5N/c1-4-6-17-14(20)8-12(15(17)21)22-7-5-13(19)16-9-11(18)10(2)3;2*1-2/h10,12H,4-9H2,1-3H3,(H,16,19);1-2H3;2H2,1H3. The number of thioether (sulfide) groups is 1. The molecule has 1 saturated heterocycles. The lowest BCUT2D eigenvalue weighted by Gasteiger charge is -2.13. The third kappa shape index (κ3) is 9.91. The molecule has 1 aliphatic rings. The molecule has 3 N–H and O–H groups in total. The molecule has 1 rings (SSSR count). The molecule has 1 unspecified atom stereocenters. The second kappa shape index (κ2) is 15.8. The van der Waals surface area contributed by atoms with Gasteiger partial charge in [0.1, 0.15) is 0 Å². The van der Waals surface area contributed by atoms with Gasteiger partial charge in [0.25, 0.3) is 0 Å². The van der Waals surface area contributed by atoms with Crippen LogP contribution in [0.1, 0.15) is 53.9 Å². The van der Waals surface area contributed by atoms with E-state index in [1.807, 2.05) is 20.8 Å². The first-order valence-corrected chi connectivity index (χ1v) is 10.2. The smallest absolute Gasteiger partial charge is 0.242 e. The normalized spacial score (nSPS) is 15.8. The van der Waals surface area contributed by atoms with Gasteiger partial charge in [0.15, 0.2) is 5.78 Å². The Morgan fingerprint density at radius 2 is 1.85 bits per heavy atom. The van der Waals surface area contributed by atoms with E-state index < -0.39 is 0 Å². The number of carbonyl (C=O) groups is 4. The minimum atomic E-state index is -0.371. The number of imide groups is 1. The largest absolute Gasteiger partial charge is 0.349 e. The van der Waals surface area contributed by atoms with E-state index in [4.69, 9.17) is 0 Å². The van der Waals surface area contributed by atoms with Crippen molar-refractivity contribution in [2.24, 2.45) is 11.7 Å². The van der Waals surface area contributed by atoms with Crippen molar-refractivity contribution in [3.05, 3.63) is 0 Å². The van der Waals surface area contributed by atoms with Crippen LogP contribution >= 0.6 is 11.8 Å². The molecule has 8 heteroatoms. The summed E-state index contributed by atoms with van der Waals surface area (Å²) in [5, 5.41) is 2.20. The number of ketones is 1. The van der Waals surface area contributed by atoms with Crippen LogP contribution in [0.4, 0.5) is 0 Å². The van der Waals surface area contributed by atoms with E-state index >= 15 is 0 Å². The second-order valence-electron chi connectivity index (χ2n) is 5.59. The molecule has 0 radical (unpaired) electrons. The maximum absolute atomic E-state index is 12.0. The minimum Gasteiger partial charge on any atom is -0.349 e. The Morgan fingerprint density at radius 1 is 1.27 bits per heavy atom. The van der Waals surface area contributed by atoms with Gasteiger partial charge in [-0.3, -0.25) is 24.1 Å². The summed E-state index contributed by atoms with van der Waals surface area (Å²) in [6, 6.07) is 0. The Balaban J connectivity index is 0. The first-order valence-electron chi connectivity index (χ1n) is 9.19. The first-order chi connectivity index (χ1) is 12.4. The number of nitrogens with one attached hydrogen (secondary N) is 1. The SMILES string of the molecule is CC.CCCN1C(=O)CC(SCCC(=O)NCC(=O)C(C)C)C1=O.CN. The molecule has 0 spiro atoms. The van der Waals surface area contributed by atoms with E-state index in [0.717, 1.165) is 6.42 Å². The summed E-state index contributed by atoms with van der Waals surface area (Å²) < 4.78 is 0. The summed E-state index contributed by atoms with van der Waals surface area (Å²) >= 11 is 1.34. The van der Waals surface area contributed by atoms with Crippen molar-refractivity contribution in [3.8, 4) is 0 Å². The third-order valence-corrected chi connectivity index (χ3v) is 4.61. The molecule has 1 fully saturated rings. The lowest BCUT2D eigenvalue weighted by molar-refractivity contribution is -0.138. The quantitative estimate of drug-likeness (QED) is 0.580. The number of amides is 3. The van der Waals surface area contributed by atoms with Gasteiger partial charge in [-0.15, -0.1) is 11.8 Å². The Hall–Kier alpha value is -1.41. The zero-order chi connectivity index (χ0) is 20.7. The molecule has 0 bridgehead atoms. The molecule has 0 aromatic carbocycles. The fraction of sp³-hybridized carbons (Fsp3) is 0.778. The molecule has 1 aliphatic heterocycles. The van der Waals surface area contributed by atoms with Crippen LogP contribution in [-0.4, -0.2) is 59.5 Å². The van der Waals surface area contributed by atoms with Crippen LogP contribution in [0.25, 0.3) is 0 Å². The molecule has 152 valence electrons. The molecule has 7 nitrogen and oxygen atoms in total. The molecule has 0 aromatic heterocycles. The molecule has 1 heterocycles. The van der Waals surface area contributed by atoms with Gasteiger partial charge in [0, 0.05) is 31.1 Å². The number of rotatable bonds is 9. The highest BCUT2D eigenvalue weighted by atomic mass is 32.2. The van der Waals surface area contributed by atoms with Crippen molar-refractivity contribution in [1.82, 2.24) is 10.2 Å². The number of nitrogens with two attached hydrogens (primary N) is 1. The predicted octanol–water partition coefficient (Wildman–Crippen LogP) is 1.59. The Bertz CT molecular complexity index is 456. The van der Waals surface area contributed by atoms with Crippen LogP contribution in [0, 0.1) is 5.92 Å². The zero-order valence-electron chi connectivity index (χ0n) is 17.0. The van der Waals surface area contributed by atoms with E-state index in [2.05, 4.69) is 11.1 Å². The summed E-state index contributed by atoms with van der Waals surface area (Å²) in [7, 11) is 1.50. The number of likely N-dealkylation sites (tertiary alicyclic amines) is 1. The van der Waals surface area contributed by atoms with E-state index in [0.29, 0.717) is 12.3 Å². The van der Waals surface area contributed by atoms with Crippen LogP contribution in [0.3, 0.4) is 0 Å². The third-order valence-electron chi connectivity index (χ3n) is 3.40. The Kier molecular flexibility index (Phi) is 16.3. The van der Waals surface area contributed by atoms with E-state index in [1.54, 1.807) is 13.8 Å². The summed E-state index contributed by atoms with van der Waals surface area (Å²) in [6.07, 6.45) is 1.21. The van der Waals surface area contributed by atoms with Gasteiger partial charge in [-0.25, -0.2) is 0 Å². The van der Waals surface area contributed by atoms with Gasteiger partial charge in [-0.2, -0.15) is 0 Å². The number of carbonyl (C=O) groups excluding carboxylic acids is 4. The maximum Gasteiger partial charge on any atom is 0.242 e. The molecule has 26 heavy (non-hydrogen) atoms. The first kappa shape index (κ1) is 26.8. The zero-order valence-corrected chi connectivity index (χ0v) is 17.8. The highest BCUT2D eigenvalue weighted by Gasteiger charge is 2.37. The highest BCUT2D eigenvalue weighted by molar-refractivity contribution is 8.00. The molecule has 1 atom stereocenters. The number of hydrogen-bond acceptors (Lipinski definition) is 6. The number of hydrogen-bond donors (Lipinski definition) is 2. The minimum absolute atomic E-state index is 0.00669. The Labute approximate surface area is 161 Å². The van der Waals surface area contributed by atoms with Crippen molar-refractivity contribution in [1.29, 1.82) is 0 Å².